The molecule has 0 spiro atoms. The molecule has 0 aliphatic carbocycles. The van der Waals surface area contributed by atoms with Crippen LogP contribution in [-0.4, -0.2) is 42.9 Å². The number of hydrogen-bond acceptors (Lipinski definition) is 6. The molecule has 0 unspecified atom stereocenters. The summed E-state index contributed by atoms with van der Waals surface area (Å²) in [6.07, 6.45) is 2.57. The van der Waals surface area contributed by atoms with E-state index in [1.165, 1.54) is 11.8 Å². The molecule has 0 atom stereocenters. The normalized spacial score (nSPS) is 10.3. The van der Waals surface area contributed by atoms with Crippen molar-refractivity contribution in [3.63, 3.8) is 0 Å². The van der Waals surface area contributed by atoms with Gasteiger partial charge < -0.3 is 14.8 Å². The zero-order valence-corrected chi connectivity index (χ0v) is 15.1. The van der Waals surface area contributed by atoms with Crippen molar-refractivity contribution in [2.75, 3.05) is 27.0 Å². The van der Waals surface area contributed by atoms with Crippen molar-refractivity contribution in [2.45, 2.75) is 18.5 Å². The first-order chi connectivity index (χ1) is 11.6. The van der Waals surface area contributed by atoms with E-state index in [-0.39, 0.29) is 5.91 Å². The van der Waals surface area contributed by atoms with Crippen LogP contribution in [0, 0.1) is 6.92 Å². The van der Waals surface area contributed by atoms with Crippen LogP contribution in [-0.2, 0) is 6.42 Å². The first-order valence-corrected chi connectivity index (χ1v) is 8.68. The summed E-state index contributed by atoms with van der Waals surface area (Å²) < 4.78 is 10.5. The monoisotopic (exact) mass is 347 g/mol. The molecule has 0 aliphatic heterocycles. The van der Waals surface area contributed by atoms with E-state index in [0.717, 1.165) is 11.3 Å². The van der Waals surface area contributed by atoms with Gasteiger partial charge in [-0.15, -0.1) is 0 Å². The molecule has 1 amide bonds. The molecule has 0 radical (unpaired) electrons. The first kappa shape index (κ1) is 18.1. The molecular formula is C17H21N3O3S. The number of hydrogen-bond donors (Lipinski definition) is 1. The third kappa shape index (κ3) is 4.61. The highest BCUT2D eigenvalue weighted by atomic mass is 32.2. The molecule has 0 saturated carbocycles. The van der Waals surface area contributed by atoms with Gasteiger partial charge in [-0.05, 0) is 43.4 Å². The molecule has 0 aliphatic rings. The lowest BCUT2D eigenvalue weighted by molar-refractivity contribution is 0.0948. The number of methoxy groups -OCH3 is 2. The number of benzene rings is 1. The van der Waals surface area contributed by atoms with Crippen LogP contribution in [0.2, 0.25) is 0 Å². The zero-order chi connectivity index (χ0) is 17.5. The number of rotatable bonds is 7. The number of nitrogens with zero attached hydrogens (tertiary/aromatic N) is 2. The summed E-state index contributed by atoms with van der Waals surface area (Å²) in [5.74, 6) is 1.17. The minimum atomic E-state index is -0.198. The number of aryl methyl sites for hydroxylation is 1. The molecule has 1 aromatic heterocycles. The molecule has 6 nitrogen and oxygen atoms in total. The van der Waals surface area contributed by atoms with Gasteiger partial charge >= 0.3 is 0 Å². The number of ether oxygens (including phenoxy) is 2. The number of nitrogens with one attached hydrogen (secondary N) is 1. The summed E-state index contributed by atoms with van der Waals surface area (Å²) in [4.78, 5) is 20.7. The summed E-state index contributed by atoms with van der Waals surface area (Å²) in [6, 6.07) is 7.40. The van der Waals surface area contributed by atoms with Gasteiger partial charge in [-0.25, -0.2) is 9.97 Å². The van der Waals surface area contributed by atoms with Gasteiger partial charge in [-0.1, -0.05) is 17.8 Å². The Morgan fingerprint density at radius 3 is 2.58 bits per heavy atom. The number of amides is 1. The smallest absolute Gasteiger partial charge is 0.270 e. The molecule has 1 N–H and O–H groups in total. The van der Waals surface area contributed by atoms with Crippen LogP contribution >= 0.6 is 11.8 Å². The third-order valence-electron chi connectivity index (χ3n) is 3.40. The van der Waals surface area contributed by atoms with Crippen molar-refractivity contribution in [2.24, 2.45) is 0 Å². The summed E-state index contributed by atoms with van der Waals surface area (Å²) >= 11 is 1.41. The highest BCUT2D eigenvalue weighted by molar-refractivity contribution is 7.98. The van der Waals surface area contributed by atoms with E-state index in [4.69, 9.17) is 9.47 Å². The maximum Gasteiger partial charge on any atom is 0.270 e. The number of carbonyl (C=O) groups is 1. The van der Waals surface area contributed by atoms with Crippen LogP contribution in [0.1, 0.15) is 21.7 Å². The quantitative estimate of drug-likeness (QED) is 0.613. The van der Waals surface area contributed by atoms with E-state index in [2.05, 4.69) is 15.3 Å². The zero-order valence-electron chi connectivity index (χ0n) is 14.3. The van der Waals surface area contributed by atoms with E-state index in [1.807, 2.05) is 31.4 Å². The lowest BCUT2D eigenvalue weighted by Crippen LogP contribution is -2.27. The van der Waals surface area contributed by atoms with E-state index in [9.17, 15) is 4.79 Å². The van der Waals surface area contributed by atoms with E-state index < -0.39 is 0 Å². The van der Waals surface area contributed by atoms with Gasteiger partial charge in [0.25, 0.3) is 5.91 Å². The van der Waals surface area contributed by atoms with E-state index in [0.29, 0.717) is 35.3 Å². The fourth-order valence-corrected chi connectivity index (χ4v) is 2.62. The summed E-state index contributed by atoms with van der Waals surface area (Å²) in [6.45, 7) is 2.35. The van der Waals surface area contributed by atoms with Crippen LogP contribution in [0.5, 0.6) is 11.5 Å². The molecule has 0 bridgehead atoms. The first-order valence-electron chi connectivity index (χ1n) is 7.46. The molecule has 128 valence electrons. The molecule has 0 fully saturated rings. The highest BCUT2D eigenvalue weighted by Crippen LogP contribution is 2.27. The molecule has 7 heteroatoms. The van der Waals surface area contributed by atoms with Crippen LogP contribution in [0.15, 0.2) is 29.4 Å². The molecule has 0 saturated heterocycles. The Hall–Kier alpha value is -2.28. The molecule has 2 rings (SSSR count). The Balaban J connectivity index is 1.96. The predicted molar refractivity (Wildman–Crippen MR) is 94.1 cm³/mol. The summed E-state index contributed by atoms with van der Waals surface area (Å²) in [5.41, 5.74) is 2.22. The Morgan fingerprint density at radius 2 is 1.92 bits per heavy atom. The summed E-state index contributed by atoms with van der Waals surface area (Å²) in [7, 11) is 3.20. The Labute approximate surface area is 146 Å². The van der Waals surface area contributed by atoms with E-state index >= 15 is 0 Å². The van der Waals surface area contributed by atoms with Gasteiger partial charge in [0.05, 0.1) is 14.2 Å². The van der Waals surface area contributed by atoms with Gasteiger partial charge in [0, 0.05) is 12.2 Å². The van der Waals surface area contributed by atoms with Crippen molar-refractivity contribution in [1.29, 1.82) is 0 Å². The molecule has 1 aromatic carbocycles. The Bertz CT molecular complexity index is 722. The maximum absolute atomic E-state index is 12.2. The lowest BCUT2D eigenvalue weighted by Gasteiger charge is -2.10. The Kier molecular flexibility index (Phi) is 6.43. The average Bonchev–Trinajstić information content (AvgIpc) is 2.60. The van der Waals surface area contributed by atoms with Crippen molar-refractivity contribution in [3.8, 4) is 11.5 Å². The number of carbonyl (C=O) groups excluding carboxylic acids is 1. The maximum atomic E-state index is 12.2. The fraction of sp³-hybridized carbons (Fsp3) is 0.353. The van der Waals surface area contributed by atoms with Gasteiger partial charge in [0.1, 0.15) is 5.69 Å². The summed E-state index contributed by atoms with van der Waals surface area (Å²) in [5, 5.41) is 3.48. The molecular weight excluding hydrogens is 326 g/mol. The van der Waals surface area contributed by atoms with E-state index in [1.54, 1.807) is 20.3 Å². The van der Waals surface area contributed by atoms with Crippen molar-refractivity contribution in [3.05, 3.63) is 41.2 Å². The standard InChI is InChI=1S/C17H21N3O3S/c1-11-9-13(20-17(19-11)24-4)16(21)18-8-7-12-5-6-14(22-2)15(10-12)23-3/h5-6,9-10H,7-8H2,1-4H3,(H,18,21). The number of thioether (sulfide) groups is 1. The van der Waals surface area contributed by atoms with Crippen LogP contribution < -0.4 is 14.8 Å². The van der Waals surface area contributed by atoms with Crippen LogP contribution in [0.25, 0.3) is 0 Å². The van der Waals surface area contributed by atoms with Gasteiger partial charge in [0.15, 0.2) is 16.7 Å². The topological polar surface area (TPSA) is 73.3 Å². The number of aromatic nitrogens is 2. The highest BCUT2D eigenvalue weighted by Gasteiger charge is 2.10. The average molecular weight is 347 g/mol. The van der Waals surface area contributed by atoms with Gasteiger partial charge in [-0.2, -0.15) is 0 Å². The Morgan fingerprint density at radius 1 is 1.17 bits per heavy atom. The van der Waals surface area contributed by atoms with Crippen LogP contribution in [0.3, 0.4) is 0 Å². The molecule has 1 heterocycles. The second-order valence-corrected chi connectivity index (χ2v) is 5.85. The third-order valence-corrected chi connectivity index (χ3v) is 3.94. The lowest BCUT2D eigenvalue weighted by atomic mass is 10.1. The van der Waals surface area contributed by atoms with Crippen LogP contribution in [0.4, 0.5) is 0 Å². The molecule has 24 heavy (non-hydrogen) atoms. The SMILES string of the molecule is COc1ccc(CCNC(=O)c2cc(C)nc(SC)n2)cc1OC. The van der Waals surface area contributed by atoms with Crippen molar-refractivity contribution < 1.29 is 14.3 Å². The van der Waals surface area contributed by atoms with Gasteiger partial charge in [0.2, 0.25) is 0 Å². The minimum Gasteiger partial charge on any atom is -0.493 e. The van der Waals surface area contributed by atoms with Crippen molar-refractivity contribution >= 4 is 17.7 Å². The van der Waals surface area contributed by atoms with Crippen molar-refractivity contribution in [1.82, 2.24) is 15.3 Å². The fourth-order valence-electron chi connectivity index (χ4n) is 2.20. The molecule has 2 aromatic rings. The second kappa shape index (κ2) is 8.54. The van der Waals surface area contributed by atoms with Gasteiger partial charge in [-0.3, -0.25) is 4.79 Å². The minimum absolute atomic E-state index is 0.198. The second-order valence-electron chi connectivity index (χ2n) is 5.08. The largest absolute Gasteiger partial charge is 0.493 e. The predicted octanol–water partition coefficient (Wildman–Crippen LogP) is 2.50.